The van der Waals surface area contributed by atoms with Crippen molar-refractivity contribution >= 4 is 35.0 Å². The molecule has 0 amide bonds. The molecule has 1 aliphatic heterocycles. The largest absolute Gasteiger partial charge is 0.490 e. The van der Waals surface area contributed by atoms with Crippen LogP contribution < -0.4 is 24.4 Å². The zero-order valence-electron chi connectivity index (χ0n) is 24.3. The van der Waals surface area contributed by atoms with Crippen molar-refractivity contribution in [2.75, 3.05) is 13.2 Å². The lowest BCUT2D eigenvalue weighted by Crippen LogP contribution is -2.39. The predicted octanol–water partition coefficient (Wildman–Crippen LogP) is 4.49. The number of non-ortho nitro benzene ring substituents is 1. The minimum atomic E-state index is -0.772. The molecule has 0 N–H and O–H groups in total. The molecule has 1 atom stereocenters. The lowest BCUT2D eigenvalue weighted by atomic mass is 9.96. The van der Waals surface area contributed by atoms with Crippen molar-refractivity contribution in [1.82, 2.24) is 4.57 Å². The molecule has 0 radical (unpaired) electrons. The van der Waals surface area contributed by atoms with Crippen molar-refractivity contribution in [3.63, 3.8) is 0 Å². The molecule has 0 unspecified atom stereocenters. The van der Waals surface area contributed by atoms with Crippen molar-refractivity contribution in [2.24, 2.45) is 4.99 Å². The summed E-state index contributed by atoms with van der Waals surface area (Å²) in [6.45, 7) is 7.58. The zero-order chi connectivity index (χ0) is 32.1. The maximum Gasteiger partial charge on any atom is 0.343 e. The molecule has 1 aromatic heterocycles. The quantitative estimate of drug-likeness (QED) is 0.0826. The minimum absolute atomic E-state index is 0.0420. The molecule has 0 aliphatic carbocycles. The zero-order valence-corrected chi connectivity index (χ0v) is 25.1. The molecule has 0 fully saturated rings. The van der Waals surface area contributed by atoms with E-state index in [2.05, 4.69) is 11.6 Å². The summed E-state index contributed by atoms with van der Waals surface area (Å²) in [5.74, 6) is -0.461. The maximum atomic E-state index is 13.8. The second-order valence-corrected chi connectivity index (χ2v) is 10.7. The number of carbonyl (C=O) groups excluding carboxylic acids is 2. The van der Waals surface area contributed by atoms with Crippen molar-refractivity contribution in [3.05, 3.63) is 143 Å². The fourth-order valence-corrected chi connectivity index (χ4v) is 5.75. The average Bonchev–Trinajstić information content (AvgIpc) is 3.34. The lowest BCUT2D eigenvalue weighted by molar-refractivity contribution is -0.384. The summed E-state index contributed by atoms with van der Waals surface area (Å²) >= 11 is 1.18. The van der Waals surface area contributed by atoms with Crippen LogP contribution in [0.3, 0.4) is 0 Å². The molecule has 0 saturated carbocycles. The summed E-state index contributed by atoms with van der Waals surface area (Å²) in [5.41, 5.74) is 1.53. The van der Waals surface area contributed by atoms with Gasteiger partial charge in [-0.15, -0.1) is 0 Å². The van der Waals surface area contributed by atoms with Crippen LogP contribution in [0.15, 0.2) is 107 Å². The molecular weight excluding hydrogens is 598 g/mol. The van der Waals surface area contributed by atoms with Gasteiger partial charge in [0, 0.05) is 12.1 Å². The number of rotatable bonds is 10. The molecular formula is C33H27N3O8S. The molecule has 1 aliphatic rings. The molecule has 0 saturated heterocycles. The summed E-state index contributed by atoms with van der Waals surface area (Å²) in [4.78, 5) is 54.9. The third-order valence-electron chi connectivity index (χ3n) is 6.76. The van der Waals surface area contributed by atoms with Gasteiger partial charge >= 0.3 is 11.9 Å². The highest BCUT2D eigenvalue weighted by Crippen LogP contribution is 2.31. The van der Waals surface area contributed by atoms with E-state index in [1.54, 1.807) is 74.5 Å². The molecule has 0 spiro atoms. The Balaban J connectivity index is 1.47. The van der Waals surface area contributed by atoms with Gasteiger partial charge < -0.3 is 14.2 Å². The van der Waals surface area contributed by atoms with Gasteiger partial charge in [-0.25, -0.2) is 14.6 Å². The monoisotopic (exact) mass is 625 g/mol. The second kappa shape index (κ2) is 13.3. The molecule has 45 heavy (non-hydrogen) atoms. The predicted molar refractivity (Wildman–Crippen MR) is 167 cm³/mol. The minimum Gasteiger partial charge on any atom is -0.490 e. The van der Waals surface area contributed by atoms with Gasteiger partial charge in [0.1, 0.15) is 18.1 Å². The number of thiazole rings is 1. The van der Waals surface area contributed by atoms with Gasteiger partial charge in [-0.05, 0) is 61.4 Å². The standard InChI is InChI=1S/C33H27N3O8S/c1-4-17-43-25-15-11-22(12-16-25)29-28(32(39)42-5-2)20(3)34-33-35(29)30(37)27(45-33)18-21-9-13-26(14-10-21)44-31(38)23-7-6-8-24(19-23)36(40)41/h4,6-16,18-19,29H,1,5,17H2,2-3H3/b27-18-/t29-/m1/s1. The van der Waals surface area contributed by atoms with Gasteiger partial charge in [0.25, 0.3) is 11.2 Å². The highest BCUT2D eigenvalue weighted by Gasteiger charge is 2.33. The third kappa shape index (κ3) is 6.65. The summed E-state index contributed by atoms with van der Waals surface area (Å²) < 4.78 is 18.2. The Morgan fingerprint density at radius 3 is 2.44 bits per heavy atom. The molecule has 4 aromatic rings. The van der Waals surface area contributed by atoms with Crippen LogP contribution in [0, 0.1) is 10.1 Å². The van der Waals surface area contributed by atoms with Crippen LogP contribution in [-0.2, 0) is 9.53 Å². The van der Waals surface area contributed by atoms with Crippen LogP contribution in [-0.4, -0.2) is 34.6 Å². The first-order chi connectivity index (χ1) is 21.7. The molecule has 0 bridgehead atoms. The summed E-state index contributed by atoms with van der Waals surface area (Å²) in [6.07, 6.45) is 3.32. The molecule has 12 heteroatoms. The van der Waals surface area contributed by atoms with Gasteiger partial charge in [0.05, 0.1) is 38.9 Å². The molecule has 11 nitrogen and oxygen atoms in total. The van der Waals surface area contributed by atoms with E-state index in [-0.39, 0.29) is 34.7 Å². The number of ether oxygens (including phenoxy) is 3. The van der Waals surface area contributed by atoms with E-state index in [0.717, 1.165) is 6.07 Å². The van der Waals surface area contributed by atoms with Crippen LogP contribution in [0.2, 0.25) is 0 Å². The number of aromatic nitrogens is 1. The summed E-state index contributed by atoms with van der Waals surface area (Å²) in [7, 11) is 0. The second-order valence-electron chi connectivity index (χ2n) is 9.74. The number of nitro benzene ring substituents is 1. The Morgan fingerprint density at radius 1 is 1.07 bits per heavy atom. The summed E-state index contributed by atoms with van der Waals surface area (Å²) in [5, 5.41) is 11.0. The van der Waals surface area contributed by atoms with Crippen molar-refractivity contribution in [1.29, 1.82) is 0 Å². The first-order valence-electron chi connectivity index (χ1n) is 13.8. The van der Waals surface area contributed by atoms with Crippen molar-refractivity contribution in [2.45, 2.75) is 19.9 Å². The Morgan fingerprint density at radius 2 is 1.78 bits per heavy atom. The Bertz CT molecular complexity index is 2010. The van der Waals surface area contributed by atoms with Crippen LogP contribution in [0.1, 0.15) is 41.4 Å². The van der Waals surface area contributed by atoms with Crippen LogP contribution in [0.5, 0.6) is 11.5 Å². The number of hydrogen-bond acceptors (Lipinski definition) is 10. The van der Waals surface area contributed by atoms with Crippen LogP contribution in [0.25, 0.3) is 6.08 Å². The number of carbonyl (C=O) groups is 2. The lowest BCUT2D eigenvalue weighted by Gasteiger charge is -2.24. The van der Waals surface area contributed by atoms with E-state index >= 15 is 0 Å². The third-order valence-corrected chi connectivity index (χ3v) is 7.74. The first kappa shape index (κ1) is 30.8. The van der Waals surface area contributed by atoms with Gasteiger partial charge in [-0.2, -0.15) is 0 Å². The number of nitro groups is 1. The molecule has 3 aromatic carbocycles. The Kier molecular flexibility index (Phi) is 9.14. The molecule has 228 valence electrons. The van der Waals surface area contributed by atoms with E-state index in [4.69, 9.17) is 14.2 Å². The SMILES string of the molecule is C=CCOc1ccc([C@@H]2C(C(=O)OCC)=C(C)N=c3s/c(=C\c4ccc(OC(=O)c5cccc([N+](=O)[O-])c5)cc4)c(=O)n32)cc1. The Labute approximate surface area is 260 Å². The topological polar surface area (TPSA) is 139 Å². The Hall–Kier alpha value is -5.62. The average molecular weight is 626 g/mol. The van der Waals surface area contributed by atoms with Crippen LogP contribution >= 0.6 is 11.3 Å². The number of esters is 2. The van der Waals surface area contributed by atoms with Gasteiger partial charge in [0.15, 0.2) is 4.80 Å². The summed E-state index contributed by atoms with van der Waals surface area (Å²) in [6, 6.07) is 18.1. The molecule has 5 rings (SSSR count). The van der Waals surface area contributed by atoms with E-state index in [9.17, 15) is 24.5 Å². The highest BCUT2D eigenvalue weighted by atomic mass is 32.1. The number of benzene rings is 3. The fourth-order valence-electron chi connectivity index (χ4n) is 4.70. The van der Waals surface area contributed by atoms with E-state index in [0.29, 0.717) is 38.5 Å². The van der Waals surface area contributed by atoms with E-state index in [1.165, 1.54) is 34.1 Å². The van der Waals surface area contributed by atoms with Gasteiger partial charge in [-0.1, -0.05) is 54.3 Å². The molecule has 2 heterocycles. The van der Waals surface area contributed by atoms with Crippen molar-refractivity contribution < 1.29 is 28.7 Å². The number of hydrogen-bond donors (Lipinski definition) is 0. The number of fused-ring (bicyclic) bond motifs is 1. The van der Waals surface area contributed by atoms with Crippen molar-refractivity contribution in [3.8, 4) is 11.5 Å². The highest BCUT2D eigenvalue weighted by molar-refractivity contribution is 7.07. The number of allylic oxidation sites excluding steroid dienone is 1. The maximum absolute atomic E-state index is 13.8. The van der Waals surface area contributed by atoms with E-state index in [1.807, 2.05) is 0 Å². The number of nitrogens with zero attached hydrogens (tertiary/aromatic N) is 3. The van der Waals surface area contributed by atoms with E-state index < -0.39 is 22.9 Å². The van der Waals surface area contributed by atoms with Crippen LogP contribution in [0.4, 0.5) is 5.69 Å². The first-order valence-corrected chi connectivity index (χ1v) is 14.6. The van der Waals surface area contributed by atoms with Gasteiger partial charge in [-0.3, -0.25) is 19.5 Å². The fraction of sp³-hybridized carbons (Fsp3) is 0.152. The normalized spacial score (nSPS) is 14.3. The van der Waals surface area contributed by atoms with Gasteiger partial charge in [0.2, 0.25) is 0 Å². The smallest absolute Gasteiger partial charge is 0.343 e.